The summed E-state index contributed by atoms with van der Waals surface area (Å²) < 4.78 is 14.1. The minimum absolute atomic E-state index is 0. The quantitative estimate of drug-likeness (QED) is 0.365. The molecule has 0 saturated carbocycles. The molecule has 1 saturated heterocycles. The van der Waals surface area contributed by atoms with Crippen molar-refractivity contribution in [2.24, 2.45) is 4.99 Å². The van der Waals surface area contributed by atoms with E-state index in [0.717, 1.165) is 32.5 Å². The first-order chi connectivity index (χ1) is 13.7. The fourth-order valence-corrected chi connectivity index (χ4v) is 3.34. The number of halogens is 2. The number of para-hydroxylation sites is 1. The van der Waals surface area contributed by atoms with Crippen molar-refractivity contribution in [3.63, 3.8) is 0 Å². The molecule has 3 rings (SSSR count). The molecule has 1 aliphatic rings. The van der Waals surface area contributed by atoms with Crippen LogP contribution in [-0.4, -0.2) is 31.6 Å². The lowest BCUT2D eigenvalue weighted by Gasteiger charge is -2.34. The summed E-state index contributed by atoms with van der Waals surface area (Å²) >= 11 is 0. The normalized spacial score (nSPS) is 14.7. The molecule has 2 aromatic rings. The lowest BCUT2D eigenvalue weighted by atomic mass is 10.0. The molecule has 1 heterocycles. The Kier molecular flexibility index (Phi) is 9.19. The molecule has 5 nitrogen and oxygen atoms in total. The van der Waals surface area contributed by atoms with E-state index >= 15 is 0 Å². The standard InChI is InChI=1S/C22H26FN5.HI/c1-2-25-22(26-16-18-9-8-17(15-24)14-21(18)23)27-19-10-12-28(13-11-19)20-6-4-3-5-7-20;/h3-9,14,19H,2,10-13,16H2,1H3,(H2,25,26,27);1H. The van der Waals surface area contributed by atoms with Crippen LogP contribution in [0.25, 0.3) is 0 Å². The Balaban J connectivity index is 0.00000300. The summed E-state index contributed by atoms with van der Waals surface area (Å²) in [5, 5.41) is 15.6. The van der Waals surface area contributed by atoms with Crippen molar-refractivity contribution in [2.75, 3.05) is 24.5 Å². The lowest BCUT2D eigenvalue weighted by molar-refractivity contribution is 0.461. The zero-order chi connectivity index (χ0) is 19.8. The average Bonchev–Trinajstić information content (AvgIpc) is 2.74. The minimum Gasteiger partial charge on any atom is -0.371 e. The van der Waals surface area contributed by atoms with Gasteiger partial charge in [0.1, 0.15) is 5.82 Å². The summed E-state index contributed by atoms with van der Waals surface area (Å²) in [7, 11) is 0. The second-order valence-electron chi connectivity index (χ2n) is 6.85. The van der Waals surface area contributed by atoms with Crippen LogP contribution in [0.15, 0.2) is 53.5 Å². The van der Waals surface area contributed by atoms with Crippen LogP contribution >= 0.6 is 24.0 Å². The number of guanidine groups is 1. The fourth-order valence-electron chi connectivity index (χ4n) is 3.34. The Labute approximate surface area is 189 Å². The Morgan fingerprint density at radius 3 is 2.55 bits per heavy atom. The number of benzene rings is 2. The van der Waals surface area contributed by atoms with E-state index in [0.29, 0.717) is 23.1 Å². The van der Waals surface area contributed by atoms with Gasteiger partial charge < -0.3 is 15.5 Å². The van der Waals surface area contributed by atoms with Crippen LogP contribution in [0.3, 0.4) is 0 Å². The molecule has 7 heteroatoms. The highest BCUT2D eigenvalue weighted by atomic mass is 127. The van der Waals surface area contributed by atoms with Crippen molar-refractivity contribution in [3.8, 4) is 6.07 Å². The molecule has 154 valence electrons. The van der Waals surface area contributed by atoms with E-state index < -0.39 is 5.82 Å². The van der Waals surface area contributed by atoms with Gasteiger partial charge >= 0.3 is 0 Å². The number of aliphatic imine (C=N–C) groups is 1. The number of rotatable bonds is 5. The first kappa shape index (κ1) is 22.9. The van der Waals surface area contributed by atoms with Gasteiger partial charge in [-0.25, -0.2) is 9.38 Å². The third kappa shape index (κ3) is 6.60. The number of nitriles is 1. The Bertz CT molecular complexity index is 842. The molecule has 0 spiro atoms. The van der Waals surface area contributed by atoms with Crippen LogP contribution in [0.2, 0.25) is 0 Å². The molecule has 2 aromatic carbocycles. The topological polar surface area (TPSA) is 63.5 Å². The maximum Gasteiger partial charge on any atom is 0.191 e. The number of anilines is 1. The SMILES string of the molecule is CCNC(=NCc1ccc(C#N)cc1F)NC1CCN(c2ccccc2)CC1.I. The van der Waals surface area contributed by atoms with Gasteiger partial charge in [0.2, 0.25) is 0 Å². The van der Waals surface area contributed by atoms with Crippen LogP contribution in [-0.2, 0) is 6.54 Å². The number of nitrogens with zero attached hydrogens (tertiary/aromatic N) is 3. The fraction of sp³-hybridized carbons (Fsp3) is 0.364. The molecule has 0 radical (unpaired) electrons. The molecule has 1 fully saturated rings. The van der Waals surface area contributed by atoms with E-state index in [1.807, 2.05) is 19.1 Å². The number of piperidine rings is 1. The van der Waals surface area contributed by atoms with E-state index in [9.17, 15) is 4.39 Å². The van der Waals surface area contributed by atoms with Crippen LogP contribution in [0.5, 0.6) is 0 Å². The van der Waals surface area contributed by atoms with Gasteiger partial charge in [0.15, 0.2) is 5.96 Å². The summed E-state index contributed by atoms with van der Waals surface area (Å²) in [6.45, 7) is 4.97. The molecular formula is C22H27FIN5. The van der Waals surface area contributed by atoms with E-state index in [-0.39, 0.29) is 30.5 Å². The Hall–Kier alpha value is -2.34. The monoisotopic (exact) mass is 507 g/mol. The number of hydrogen-bond donors (Lipinski definition) is 2. The van der Waals surface area contributed by atoms with Crippen molar-refractivity contribution < 1.29 is 4.39 Å². The molecule has 0 amide bonds. The number of hydrogen-bond acceptors (Lipinski definition) is 3. The number of nitrogens with one attached hydrogen (secondary N) is 2. The van der Waals surface area contributed by atoms with Gasteiger partial charge in [-0.1, -0.05) is 24.3 Å². The van der Waals surface area contributed by atoms with Crippen molar-refractivity contribution in [1.82, 2.24) is 10.6 Å². The first-order valence-corrected chi connectivity index (χ1v) is 9.73. The summed E-state index contributed by atoms with van der Waals surface area (Å²) in [4.78, 5) is 6.93. The highest BCUT2D eigenvalue weighted by Crippen LogP contribution is 2.19. The van der Waals surface area contributed by atoms with Crippen LogP contribution in [0.4, 0.5) is 10.1 Å². The zero-order valence-electron chi connectivity index (χ0n) is 16.6. The molecule has 2 N–H and O–H groups in total. The summed E-state index contributed by atoms with van der Waals surface area (Å²) in [5.74, 6) is 0.305. The van der Waals surface area contributed by atoms with Crippen LogP contribution in [0.1, 0.15) is 30.9 Å². The highest BCUT2D eigenvalue weighted by molar-refractivity contribution is 14.0. The minimum atomic E-state index is -0.394. The molecule has 0 bridgehead atoms. The molecular weight excluding hydrogens is 480 g/mol. The van der Waals surface area contributed by atoms with Crippen molar-refractivity contribution in [1.29, 1.82) is 5.26 Å². The van der Waals surface area contributed by atoms with Gasteiger partial charge in [0.25, 0.3) is 0 Å². The van der Waals surface area contributed by atoms with E-state index in [2.05, 4.69) is 44.8 Å². The summed E-state index contributed by atoms with van der Waals surface area (Å²) in [5.41, 5.74) is 2.06. The van der Waals surface area contributed by atoms with E-state index in [1.165, 1.54) is 11.8 Å². The smallest absolute Gasteiger partial charge is 0.191 e. The second-order valence-corrected chi connectivity index (χ2v) is 6.85. The predicted molar refractivity (Wildman–Crippen MR) is 126 cm³/mol. The van der Waals surface area contributed by atoms with E-state index in [4.69, 9.17) is 5.26 Å². The second kappa shape index (κ2) is 11.6. The van der Waals surface area contributed by atoms with Crippen molar-refractivity contribution in [3.05, 3.63) is 65.5 Å². The summed E-state index contributed by atoms with van der Waals surface area (Å²) in [6.07, 6.45) is 2.04. The Morgan fingerprint density at radius 1 is 1.21 bits per heavy atom. The van der Waals surface area contributed by atoms with Gasteiger partial charge in [0.05, 0.1) is 18.2 Å². The van der Waals surface area contributed by atoms with Gasteiger partial charge in [-0.05, 0) is 44.0 Å². The van der Waals surface area contributed by atoms with Gasteiger partial charge in [-0.3, -0.25) is 0 Å². The highest BCUT2D eigenvalue weighted by Gasteiger charge is 2.20. The maximum absolute atomic E-state index is 14.1. The molecule has 0 unspecified atom stereocenters. The first-order valence-electron chi connectivity index (χ1n) is 9.73. The van der Waals surface area contributed by atoms with Gasteiger partial charge in [-0.2, -0.15) is 5.26 Å². The molecule has 0 aliphatic carbocycles. The largest absolute Gasteiger partial charge is 0.371 e. The average molecular weight is 507 g/mol. The van der Waals surface area contributed by atoms with Crippen molar-refractivity contribution >= 4 is 35.6 Å². The van der Waals surface area contributed by atoms with Crippen LogP contribution < -0.4 is 15.5 Å². The van der Waals surface area contributed by atoms with Crippen molar-refractivity contribution in [2.45, 2.75) is 32.4 Å². The third-order valence-corrected chi connectivity index (χ3v) is 4.89. The van der Waals surface area contributed by atoms with Crippen LogP contribution in [0, 0.1) is 17.1 Å². The van der Waals surface area contributed by atoms with E-state index in [1.54, 1.807) is 12.1 Å². The van der Waals surface area contributed by atoms with Gasteiger partial charge in [-0.15, -0.1) is 24.0 Å². The zero-order valence-corrected chi connectivity index (χ0v) is 18.9. The molecule has 0 atom stereocenters. The molecule has 29 heavy (non-hydrogen) atoms. The Morgan fingerprint density at radius 2 is 1.93 bits per heavy atom. The maximum atomic E-state index is 14.1. The molecule has 1 aliphatic heterocycles. The lowest BCUT2D eigenvalue weighted by Crippen LogP contribution is -2.48. The molecule has 0 aromatic heterocycles. The summed E-state index contributed by atoms with van der Waals surface area (Å²) in [6, 6.07) is 17.2. The predicted octanol–water partition coefficient (Wildman–Crippen LogP) is 4.04. The third-order valence-electron chi connectivity index (χ3n) is 4.89. The van der Waals surface area contributed by atoms with Gasteiger partial charge in [0, 0.05) is 36.9 Å².